The molecule has 2 fully saturated rings. The van der Waals surface area contributed by atoms with Crippen LogP contribution < -0.4 is 5.32 Å². The van der Waals surface area contributed by atoms with Crippen LogP contribution in [0.3, 0.4) is 0 Å². The van der Waals surface area contributed by atoms with Gasteiger partial charge < -0.3 is 19.9 Å². The van der Waals surface area contributed by atoms with Crippen molar-refractivity contribution in [2.75, 3.05) is 54.5 Å². The molecule has 0 aromatic rings. The fourth-order valence-electron chi connectivity index (χ4n) is 3.83. The second-order valence-electron chi connectivity index (χ2n) is 7.20. The van der Waals surface area contributed by atoms with E-state index in [0.29, 0.717) is 12.5 Å². The molecule has 2 rings (SSSR count). The highest BCUT2D eigenvalue weighted by Crippen LogP contribution is 2.38. The van der Waals surface area contributed by atoms with Crippen molar-refractivity contribution in [2.24, 2.45) is 16.3 Å². The molecule has 140 valence electrons. The molecule has 1 saturated carbocycles. The molecule has 1 aliphatic heterocycles. The van der Waals surface area contributed by atoms with Crippen molar-refractivity contribution in [3.05, 3.63) is 0 Å². The number of carbonyl (C=O) groups excluding carboxylic acids is 1. The highest BCUT2D eigenvalue weighted by Gasteiger charge is 2.42. The summed E-state index contributed by atoms with van der Waals surface area (Å²) in [5, 5.41) is 3.45. The topological polar surface area (TPSA) is 57.2 Å². The van der Waals surface area contributed by atoms with E-state index in [4.69, 9.17) is 4.74 Å². The van der Waals surface area contributed by atoms with Crippen LogP contribution in [0.15, 0.2) is 4.99 Å². The van der Waals surface area contributed by atoms with Crippen molar-refractivity contribution in [1.29, 1.82) is 0 Å². The lowest BCUT2D eigenvalue weighted by Crippen LogP contribution is -2.50. The number of ether oxygens (including phenoxy) is 1. The van der Waals surface area contributed by atoms with E-state index < -0.39 is 0 Å². The third kappa shape index (κ3) is 5.21. The molecular weight excluding hydrogens is 419 g/mol. The van der Waals surface area contributed by atoms with Crippen LogP contribution in [0.2, 0.25) is 0 Å². The fraction of sp³-hybridized carbons (Fsp3) is 0.882. The Morgan fingerprint density at radius 2 is 1.96 bits per heavy atom. The van der Waals surface area contributed by atoms with Gasteiger partial charge in [-0.25, -0.2) is 0 Å². The number of nitrogens with one attached hydrogen (secondary N) is 1. The van der Waals surface area contributed by atoms with Crippen molar-refractivity contribution in [2.45, 2.75) is 32.1 Å². The molecular formula is C17H33IN4O2. The van der Waals surface area contributed by atoms with E-state index in [9.17, 15) is 4.79 Å². The molecule has 1 saturated heterocycles. The largest absolute Gasteiger partial charge is 0.381 e. The van der Waals surface area contributed by atoms with E-state index in [-0.39, 0.29) is 35.3 Å². The third-order valence-corrected chi connectivity index (χ3v) is 5.13. The molecule has 1 heterocycles. The SMILES string of the molecule is CN=C(NCC1(C(=O)N(C)C)CCCC1)N(C)CC1CCOC1.I. The molecule has 1 amide bonds. The molecule has 0 aromatic heterocycles. The molecule has 1 atom stereocenters. The molecule has 7 heteroatoms. The lowest BCUT2D eigenvalue weighted by molar-refractivity contribution is -0.138. The molecule has 2 aliphatic rings. The predicted molar refractivity (Wildman–Crippen MR) is 108 cm³/mol. The van der Waals surface area contributed by atoms with E-state index in [1.807, 2.05) is 14.1 Å². The van der Waals surface area contributed by atoms with Crippen molar-refractivity contribution in [1.82, 2.24) is 15.1 Å². The van der Waals surface area contributed by atoms with E-state index >= 15 is 0 Å². The minimum atomic E-state index is -0.267. The summed E-state index contributed by atoms with van der Waals surface area (Å²) in [5.74, 6) is 1.68. The Bertz CT molecular complexity index is 430. The van der Waals surface area contributed by atoms with Crippen LogP contribution in [0, 0.1) is 11.3 Å². The maximum atomic E-state index is 12.6. The van der Waals surface area contributed by atoms with Gasteiger partial charge in [0, 0.05) is 53.8 Å². The zero-order valence-corrected chi connectivity index (χ0v) is 17.8. The normalized spacial score (nSPS) is 22.8. The van der Waals surface area contributed by atoms with E-state index in [1.54, 1.807) is 11.9 Å². The number of rotatable bonds is 5. The summed E-state index contributed by atoms with van der Waals surface area (Å²) in [6, 6.07) is 0. The zero-order chi connectivity index (χ0) is 16.9. The van der Waals surface area contributed by atoms with Crippen LogP contribution in [0.1, 0.15) is 32.1 Å². The summed E-state index contributed by atoms with van der Waals surface area (Å²) in [6.45, 7) is 3.31. The monoisotopic (exact) mass is 452 g/mol. The van der Waals surface area contributed by atoms with Crippen molar-refractivity contribution < 1.29 is 9.53 Å². The lowest BCUT2D eigenvalue weighted by atomic mass is 9.84. The Morgan fingerprint density at radius 1 is 1.29 bits per heavy atom. The van der Waals surface area contributed by atoms with Gasteiger partial charge in [-0.1, -0.05) is 12.8 Å². The first-order valence-electron chi connectivity index (χ1n) is 8.70. The highest BCUT2D eigenvalue weighted by atomic mass is 127. The van der Waals surface area contributed by atoms with Crippen LogP contribution in [-0.4, -0.2) is 76.2 Å². The van der Waals surface area contributed by atoms with Gasteiger partial charge in [0.25, 0.3) is 0 Å². The van der Waals surface area contributed by atoms with Crippen molar-refractivity contribution in [3.63, 3.8) is 0 Å². The van der Waals surface area contributed by atoms with Crippen LogP contribution in [0.25, 0.3) is 0 Å². The van der Waals surface area contributed by atoms with E-state index in [1.165, 1.54) is 0 Å². The molecule has 0 spiro atoms. The van der Waals surface area contributed by atoms with Gasteiger partial charge in [0.1, 0.15) is 0 Å². The minimum absolute atomic E-state index is 0. The molecule has 6 nitrogen and oxygen atoms in total. The van der Waals surface area contributed by atoms with Gasteiger partial charge >= 0.3 is 0 Å². The van der Waals surface area contributed by atoms with Crippen molar-refractivity contribution in [3.8, 4) is 0 Å². The second kappa shape index (κ2) is 9.79. The average Bonchev–Trinajstić information content (AvgIpc) is 3.19. The number of carbonyl (C=O) groups is 1. The first-order chi connectivity index (χ1) is 11.0. The highest BCUT2D eigenvalue weighted by molar-refractivity contribution is 14.0. The Kier molecular flexibility index (Phi) is 8.76. The summed E-state index contributed by atoms with van der Waals surface area (Å²) in [4.78, 5) is 20.9. The van der Waals surface area contributed by atoms with Gasteiger partial charge in [-0.3, -0.25) is 9.79 Å². The Hall–Kier alpha value is -0.570. The maximum Gasteiger partial charge on any atom is 0.230 e. The summed E-state index contributed by atoms with van der Waals surface area (Å²) in [7, 11) is 7.56. The Balaban J connectivity index is 0.00000288. The van der Waals surface area contributed by atoms with Crippen LogP contribution in [0.4, 0.5) is 0 Å². The molecule has 1 N–H and O–H groups in total. The quantitative estimate of drug-likeness (QED) is 0.393. The predicted octanol–water partition coefficient (Wildman–Crippen LogP) is 1.80. The number of guanidine groups is 1. The number of hydrogen-bond acceptors (Lipinski definition) is 3. The summed E-state index contributed by atoms with van der Waals surface area (Å²) in [6.07, 6.45) is 5.32. The van der Waals surface area contributed by atoms with Gasteiger partial charge in [0.2, 0.25) is 5.91 Å². The number of aliphatic imine (C=N–C) groups is 1. The van der Waals surface area contributed by atoms with Gasteiger partial charge in [0.05, 0.1) is 12.0 Å². The van der Waals surface area contributed by atoms with Crippen molar-refractivity contribution >= 4 is 35.8 Å². The fourth-order valence-corrected chi connectivity index (χ4v) is 3.83. The third-order valence-electron chi connectivity index (χ3n) is 5.13. The Morgan fingerprint density at radius 3 is 2.46 bits per heavy atom. The summed E-state index contributed by atoms with van der Waals surface area (Å²) < 4.78 is 5.45. The Labute approximate surface area is 163 Å². The number of nitrogens with zero attached hydrogens (tertiary/aromatic N) is 3. The molecule has 0 radical (unpaired) electrons. The van der Waals surface area contributed by atoms with Crippen LogP contribution >= 0.6 is 24.0 Å². The lowest BCUT2D eigenvalue weighted by Gasteiger charge is -2.33. The summed E-state index contributed by atoms with van der Waals surface area (Å²) >= 11 is 0. The molecule has 24 heavy (non-hydrogen) atoms. The number of hydrogen-bond donors (Lipinski definition) is 1. The molecule has 1 aliphatic carbocycles. The van der Waals surface area contributed by atoms with Crippen LogP contribution in [-0.2, 0) is 9.53 Å². The van der Waals surface area contributed by atoms with E-state index in [2.05, 4.69) is 22.3 Å². The average molecular weight is 452 g/mol. The first-order valence-corrected chi connectivity index (χ1v) is 8.70. The summed E-state index contributed by atoms with van der Waals surface area (Å²) in [5.41, 5.74) is -0.267. The van der Waals surface area contributed by atoms with Gasteiger partial charge in [-0.15, -0.1) is 24.0 Å². The number of amides is 1. The van der Waals surface area contributed by atoms with Crippen LogP contribution in [0.5, 0.6) is 0 Å². The molecule has 0 bridgehead atoms. The zero-order valence-electron chi connectivity index (χ0n) is 15.5. The first kappa shape index (κ1) is 21.5. The van der Waals surface area contributed by atoms with Gasteiger partial charge in [0.15, 0.2) is 5.96 Å². The molecule has 0 aromatic carbocycles. The number of halogens is 1. The smallest absolute Gasteiger partial charge is 0.230 e. The second-order valence-corrected chi connectivity index (χ2v) is 7.20. The van der Waals surface area contributed by atoms with Gasteiger partial charge in [-0.2, -0.15) is 0 Å². The van der Waals surface area contributed by atoms with Gasteiger partial charge in [-0.05, 0) is 19.3 Å². The minimum Gasteiger partial charge on any atom is -0.381 e. The van der Waals surface area contributed by atoms with E-state index in [0.717, 1.165) is 57.8 Å². The molecule has 1 unspecified atom stereocenters. The standard InChI is InChI=1S/C17H32N4O2.HI/c1-18-16(21(4)11-14-7-10-23-12-14)19-13-17(8-5-6-9-17)15(22)20(2)3;/h14H,5-13H2,1-4H3,(H,18,19);1H. The maximum absolute atomic E-state index is 12.6.